The first-order chi connectivity index (χ1) is 7.18. The lowest BCUT2D eigenvalue weighted by Gasteiger charge is -2.25. The summed E-state index contributed by atoms with van der Waals surface area (Å²) in [5, 5.41) is 0. The van der Waals surface area contributed by atoms with Crippen LogP contribution < -0.4 is 5.56 Å². The van der Waals surface area contributed by atoms with Crippen molar-refractivity contribution in [3.05, 3.63) is 26.8 Å². The Morgan fingerprint density at radius 2 is 2.33 bits per heavy atom. The van der Waals surface area contributed by atoms with Crippen molar-refractivity contribution < 1.29 is 0 Å². The van der Waals surface area contributed by atoms with Gasteiger partial charge in [-0.2, -0.15) is 0 Å². The minimum atomic E-state index is 0.0434. The molecule has 4 heteroatoms. The molecule has 1 aliphatic rings. The minimum Gasteiger partial charge on any atom is -0.298 e. The van der Waals surface area contributed by atoms with Gasteiger partial charge >= 0.3 is 0 Å². The Bertz CT molecular complexity index is 410. The summed E-state index contributed by atoms with van der Waals surface area (Å²) in [6.45, 7) is 2.64. The Morgan fingerprint density at radius 1 is 1.60 bits per heavy atom. The molecule has 1 aromatic heterocycles. The Kier molecular flexibility index (Phi) is 3.24. The van der Waals surface area contributed by atoms with Gasteiger partial charge in [0.1, 0.15) is 4.47 Å². The number of nitrogens with zero attached hydrogens (tertiary/aromatic N) is 2. The molecule has 15 heavy (non-hydrogen) atoms. The second-order valence-corrected chi connectivity index (χ2v) is 5.02. The quantitative estimate of drug-likeness (QED) is 0.846. The van der Waals surface area contributed by atoms with Gasteiger partial charge in [0.15, 0.2) is 0 Å². The molecule has 2 rings (SSSR count). The van der Waals surface area contributed by atoms with Crippen molar-refractivity contribution in [3.8, 4) is 0 Å². The van der Waals surface area contributed by atoms with Gasteiger partial charge in [0.05, 0.1) is 12.0 Å². The van der Waals surface area contributed by atoms with Crippen LogP contribution in [0.4, 0.5) is 0 Å². The fourth-order valence-corrected chi connectivity index (χ4v) is 2.14. The smallest absolute Gasteiger partial charge is 0.267 e. The maximum atomic E-state index is 11.8. The molecule has 1 saturated carbocycles. The Hall–Kier alpha value is -0.640. The average molecular weight is 271 g/mol. The first-order valence-electron chi connectivity index (χ1n) is 5.40. The molecule has 0 N–H and O–H groups in total. The van der Waals surface area contributed by atoms with Gasteiger partial charge in [0.2, 0.25) is 0 Å². The van der Waals surface area contributed by atoms with Crippen molar-refractivity contribution in [1.82, 2.24) is 9.55 Å². The Morgan fingerprint density at radius 3 is 2.93 bits per heavy atom. The maximum Gasteiger partial charge on any atom is 0.267 e. The van der Waals surface area contributed by atoms with Gasteiger partial charge in [0.25, 0.3) is 5.56 Å². The highest BCUT2D eigenvalue weighted by Gasteiger charge is 2.17. The van der Waals surface area contributed by atoms with E-state index >= 15 is 0 Å². The first-order valence-corrected chi connectivity index (χ1v) is 6.19. The van der Waals surface area contributed by atoms with Crippen molar-refractivity contribution in [2.24, 2.45) is 5.92 Å². The third-order valence-corrected chi connectivity index (χ3v) is 4.07. The van der Waals surface area contributed by atoms with E-state index in [0.717, 1.165) is 24.6 Å². The molecule has 0 aromatic carbocycles. The average Bonchev–Trinajstić information content (AvgIpc) is 2.15. The first kappa shape index (κ1) is 10.9. The highest BCUT2D eigenvalue weighted by atomic mass is 79.9. The van der Waals surface area contributed by atoms with Gasteiger partial charge in [-0.15, -0.1) is 0 Å². The molecule has 0 spiro atoms. The van der Waals surface area contributed by atoms with Crippen LogP contribution in [-0.4, -0.2) is 9.55 Å². The normalized spacial score (nSPS) is 16.4. The second kappa shape index (κ2) is 4.47. The molecule has 0 unspecified atom stereocenters. The van der Waals surface area contributed by atoms with Crippen LogP contribution in [0.15, 0.2) is 15.6 Å². The summed E-state index contributed by atoms with van der Waals surface area (Å²) in [5.74, 6) is 0.831. The van der Waals surface area contributed by atoms with Crippen LogP contribution in [0, 0.1) is 12.8 Å². The largest absolute Gasteiger partial charge is 0.298 e. The fraction of sp³-hybridized carbons (Fsp3) is 0.636. The molecule has 0 atom stereocenters. The molecule has 1 aliphatic carbocycles. The standard InChI is InChI=1S/C11H15BrN2O/c1-8-10(12)11(15)14(7-13-8)6-5-9-3-2-4-9/h7,9H,2-6H2,1H3. The van der Waals surface area contributed by atoms with Crippen LogP contribution in [0.3, 0.4) is 0 Å². The summed E-state index contributed by atoms with van der Waals surface area (Å²) in [4.78, 5) is 16.0. The van der Waals surface area contributed by atoms with Crippen molar-refractivity contribution in [2.45, 2.75) is 39.2 Å². The van der Waals surface area contributed by atoms with Crippen LogP contribution in [0.1, 0.15) is 31.4 Å². The van der Waals surface area contributed by atoms with E-state index in [0.29, 0.717) is 4.47 Å². The van der Waals surface area contributed by atoms with Crippen molar-refractivity contribution in [1.29, 1.82) is 0 Å². The van der Waals surface area contributed by atoms with E-state index in [-0.39, 0.29) is 5.56 Å². The number of hydrogen-bond donors (Lipinski definition) is 0. The van der Waals surface area contributed by atoms with Gasteiger partial charge in [0, 0.05) is 6.54 Å². The number of aromatic nitrogens is 2. The number of aryl methyl sites for hydroxylation is 2. The lowest BCUT2D eigenvalue weighted by Crippen LogP contribution is -2.24. The molecule has 0 amide bonds. The van der Waals surface area contributed by atoms with Crippen molar-refractivity contribution in [3.63, 3.8) is 0 Å². The summed E-state index contributed by atoms with van der Waals surface area (Å²) in [5.41, 5.74) is 0.807. The lowest BCUT2D eigenvalue weighted by atomic mass is 9.83. The van der Waals surface area contributed by atoms with Crippen LogP contribution in [0.5, 0.6) is 0 Å². The predicted molar refractivity (Wildman–Crippen MR) is 62.9 cm³/mol. The summed E-state index contributed by atoms with van der Waals surface area (Å²) >= 11 is 3.27. The van der Waals surface area contributed by atoms with Crippen LogP contribution in [0.25, 0.3) is 0 Å². The van der Waals surface area contributed by atoms with Crippen LogP contribution >= 0.6 is 15.9 Å². The molecule has 1 heterocycles. The molecule has 82 valence electrons. The molecule has 0 radical (unpaired) electrons. The van der Waals surface area contributed by atoms with E-state index in [1.165, 1.54) is 19.3 Å². The maximum absolute atomic E-state index is 11.8. The third kappa shape index (κ3) is 2.30. The van der Waals surface area contributed by atoms with E-state index in [4.69, 9.17) is 0 Å². The SMILES string of the molecule is Cc1ncn(CCC2CCC2)c(=O)c1Br. The molecule has 0 saturated heterocycles. The van der Waals surface area contributed by atoms with Crippen LogP contribution in [0.2, 0.25) is 0 Å². The Balaban J connectivity index is 2.07. The lowest BCUT2D eigenvalue weighted by molar-refractivity contribution is 0.280. The monoisotopic (exact) mass is 270 g/mol. The van der Waals surface area contributed by atoms with Gasteiger partial charge in [-0.1, -0.05) is 19.3 Å². The van der Waals surface area contributed by atoms with E-state index in [9.17, 15) is 4.79 Å². The molecule has 1 aromatic rings. The van der Waals surface area contributed by atoms with Gasteiger partial charge < -0.3 is 0 Å². The zero-order valence-electron chi connectivity index (χ0n) is 8.87. The highest BCUT2D eigenvalue weighted by Crippen LogP contribution is 2.29. The highest BCUT2D eigenvalue weighted by molar-refractivity contribution is 9.10. The minimum absolute atomic E-state index is 0.0434. The van der Waals surface area contributed by atoms with E-state index in [1.54, 1.807) is 10.9 Å². The second-order valence-electron chi connectivity index (χ2n) is 4.23. The topological polar surface area (TPSA) is 34.9 Å². The summed E-state index contributed by atoms with van der Waals surface area (Å²) < 4.78 is 2.30. The summed E-state index contributed by atoms with van der Waals surface area (Å²) in [6, 6.07) is 0. The zero-order valence-corrected chi connectivity index (χ0v) is 10.5. The van der Waals surface area contributed by atoms with E-state index < -0.39 is 0 Å². The van der Waals surface area contributed by atoms with E-state index in [2.05, 4.69) is 20.9 Å². The molecular weight excluding hydrogens is 256 g/mol. The van der Waals surface area contributed by atoms with Gasteiger partial charge in [-0.25, -0.2) is 4.98 Å². The molecule has 0 aliphatic heterocycles. The van der Waals surface area contributed by atoms with Crippen molar-refractivity contribution >= 4 is 15.9 Å². The van der Waals surface area contributed by atoms with Crippen LogP contribution in [-0.2, 0) is 6.54 Å². The zero-order chi connectivity index (χ0) is 10.8. The van der Waals surface area contributed by atoms with Gasteiger partial charge in [-0.3, -0.25) is 9.36 Å². The van der Waals surface area contributed by atoms with Gasteiger partial charge in [-0.05, 0) is 35.2 Å². The fourth-order valence-electron chi connectivity index (χ4n) is 1.81. The third-order valence-electron chi connectivity index (χ3n) is 3.16. The summed E-state index contributed by atoms with van der Waals surface area (Å²) in [6.07, 6.45) is 6.78. The molecule has 1 fully saturated rings. The Labute approximate surface area is 97.7 Å². The number of hydrogen-bond acceptors (Lipinski definition) is 2. The van der Waals surface area contributed by atoms with Crippen molar-refractivity contribution in [2.75, 3.05) is 0 Å². The van der Waals surface area contributed by atoms with E-state index in [1.807, 2.05) is 6.92 Å². The molecule has 3 nitrogen and oxygen atoms in total. The number of halogens is 1. The summed E-state index contributed by atoms with van der Waals surface area (Å²) in [7, 11) is 0. The molecular formula is C11H15BrN2O. The number of rotatable bonds is 3. The molecule has 0 bridgehead atoms. The predicted octanol–water partition coefficient (Wildman–Crippen LogP) is 2.50.